The molecule has 0 heterocycles. The van der Waals surface area contributed by atoms with Crippen molar-refractivity contribution in [2.24, 2.45) is 0 Å². The maximum Gasteiger partial charge on any atom is 0.310 e. The molecule has 5 heteroatoms. The van der Waals surface area contributed by atoms with Gasteiger partial charge in [-0.2, -0.15) is 0 Å². The normalized spacial score (nSPS) is 10.5. The van der Waals surface area contributed by atoms with Crippen LogP contribution in [0.25, 0.3) is 10.8 Å². The number of aryl methyl sites for hydroxylation is 1. The number of hydrogen-bond donors (Lipinski definition) is 1. The van der Waals surface area contributed by atoms with E-state index in [0.29, 0.717) is 10.7 Å². The van der Waals surface area contributed by atoms with Crippen molar-refractivity contribution in [1.82, 2.24) is 0 Å². The van der Waals surface area contributed by atoms with E-state index < -0.39 is 5.97 Å². The van der Waals surface area contributed by atoms with E-state index in [2.05, 4.69) is 5.32 Å². The molecular formula is C21H18ClNO3. The van der Waals surface area contributed by atoms with E-state index >= 15 is 0 Å². The maximum absolute atomic E-state index is 12.1. The summed E-state index contributed by atoms with van der Waals surface area (Å²) in [5, 5.41) is 5.38. The fourth-order valence-corrected chi connectivity index (χ4v) is 2.98. The van der Waals surface area contributed by atoms with Gasteiger partial charge in [0.05, 0.1) is 6.42 Å². The Bertz CT molecular complexity index is 963. The average molecular weight is 368 g/mol. The van der Waals surface area contributed by atoms with Crippen LogP contribution in [0.2, 0.25) is 5.02 Å². The molecular weight excluding hydrogens is 350 g/mol. The fourth-order valence-electron chi connectivity index (χ4n) is 2.75. The summed E-state index contributed by atoms with van der Waals surface area (Å²) < 4.78 is 5.12. The molecule has 1 N–H and O–H groups in total. The van der Waals surface area contributed by atoms with E-state index in [4.69, 9.17) is 16.3 Å². The van der Waals surface area contributed by atoms with Crippen molar-refractivity contribution in [1.29, 1.82) is 0 Å². The smallest absolute Gasteiger partial charge is 0.310 e. The second-order valence-corrected chi connectivity index (χ2v) is 6.42. The number of carbonyl (C=O) groups excluding carboxylic acids is 2. The van der Waals surface area contributed by atoms with Crippen LogP contribution in [0.3, 0.4) is 0 Å². The molecule has 0 aliphatic heterocycles. The molecule has 1 amide bonds. The molecule has 3 rings (SSSR count). The highest BCUT2D eigenvalue weighted by atomic mass is 35.5. The third-order valence-corrected chi connectivity index (χ3v) is 4.28. The Hall–Kier alpha value is -2.85. The molecule has 0 fully saturated rings. The zero-order valence-corrected chi connectivity index (χ0v) is 15.0. The molecule has 0 atom stereocenters. The van der Waals surface area contributed by atoms with E-state index in [1.807, 2.05) is 49.4 Å². The van der Waals surface area contributed by atoms with Crippen LogP contribution in [0.4, 0.5) is 5.69 Å². The predicted molar refractivity (Wildman–Crippen MR) is 103 cm³/mol. The number of hydrogen-bond acceptors (Lipinski definition) is 3. The first kappa shape index (κ1) is 18.0. The lowest BCUT2D eigenvalue weighted by molar-refractivity contribution is -0.146. The lowest BCUT2D eigenvalue weighted by atomic mass is 10.0. The number of amides is 1. The zero-order valence-electron chi connectivity index (χ0n) is 14.3. The lowest BCUT2D eigenvalue weighted by Crippen LogP contribution is -2.22. The van der Waals surface area contributed by atoms with Gasteiger partial charge < -0.3 is 10.1 Å². The third-order valence-electron chi connectivity index (χ3n) is 4.04. The quantitative estimate of drug-likeness (QED) is 0.674. The van der Waals surface area contributed by atoms with Gasteiger partial charge in [-0.3, -0.25) is 9.59 Å². The third kappa shape index (κ3) is 4.41. The molecule has 0 unspecified atom stereocenters. The first-order valence-electron chi connectivity index (χ1n) is 8.21. The number of anilines is 1. The maximum atomic E-state index is 12.1. The largest absolute Gasteiger partial charge is 0.455 e. The van der Waals surface area contributed by atoms with Crippen molar-refractivity contribution in [3.63, 3.8) is 0 Å². The standard InChI is InChI=1S/C21H18ClNO3/c1-14-11-17(22)9-10-19(14)23-20(24)13-26-21(25)12-16-7-4-6-15-5-2-3-8-18(15)16/h2-11H,12-13H2,1H3,(H,23,24). The number of benzene rings is 3. The Morgan fingerprint density at radius 2 is 1.81 bits per heavy atom. The summed E-state index contributed by atoms with van der Waals surface area (Å²) in [5.41, 5.74) is 2.36. The van der Waals surface area contributed by atoms with Crippen molar-refractivity contribution in [3.05, 3.63) is 76.8 Å². The summed E-state index contributed by atoms with van der Waals surface area (Å²) >= 11 is 5.89. The molecule has 4 nitrogen and oxygen atoms in total. The second-order valence-electron chi connectivity index (χ2n) is 5.98. The Kier molecular flexibility index (Phi) is 5.54. The molecule has 0 aromatic heterocycles. The minimum atomic E-state index is -0.440. The van der Waals surface area contributed by atoms with Crippen LogP contribution >= 0.6 is 11.6 Å². The van der Waals surface area contributed by atoms with Gasteiger partial charge in [-0.05, 0) is 47.0 Å². The van der Waals surface area contributed by atoms with Crippen LogP contribution in [-0.2, 0) is 20.7 Å². The first-order valence-corrected chi connectivity index (χ1v) is 8.59. The highest BCUT2D eigenvalue weighted by Gasteiger charge is 2.11. The van der Waals surface area contributed by atoms with Crippen molar-refractivity contribution in [3.8, 4) is 0 Å². The van der Waals surface area contributed by atoms with Gasteiger partial charge in [0.15, 0.2) is 6.61 Å². The zero-order chi connectivity index (χ0) is 18.5. The van der Waals surface area contributed by atoms with Gasteiger partial charge in [0, 0.05) is 10.7 Å². The van der Waals surface area contributed by atoms with Crippen LogP contribution in [0.15, 0.2) is 60.7 Å². The van der Waals surface area contributed by atoms with Crippen LogP contribution in [0.1, 0.15) is 11.1 Å². The Morgan fingerprint density at radius 3 is 2.62 bits per heavy atom. The molecule has 0 bridgehead atoms. The summed E-state index contributed by atoms with van der Waals surface area (Å²) in [6, 6.07) is 18.8. The average Bonchev–Trinajstić information content (AvgIpc) is 2.63. The summed E-state index contributed by atoms with van der Waals surface area (Å²) in [4.78, 5) is 24.1. The van der Waals surface area contributed by atoms with Gasteiger partial charge in [0.2, 0.25) is 0 Å². The number of nitrogens with one attached hydrogen (secondary N) is 1. The van der Waals surface area contributed by atoms with Crippen LogP contribution in [-0.4, -0.2) is 18.5 Å². The van der Waals surface area contributed by atoms with Gasteiger partial charge in [-0.25, -0.2) is 0 Å². The molecule has 0 saturated heterocycles. The van der Waals surface area contributed by atoms with Gasteiger partial charge in [0.1, 0.15) is 0 Å². The Balaban J connectivity index is 1.57. The van der Waals surface area contributed by atoms with Gasteiger partial charge in [0.25, 0.3) is 5.91 Å². The number of carbonyl (C=O) groups is 2. The van der Waals surface area contributed by atoms with E-state index in [0.717, 1.165) is 21.9 Å². The van der Waals surface area contributed by atoms with E-state index in [-0.39, 0.29) is 18.9 Å². The highest BCUT2D eigenvalue weighted by molar-refractivity contribution is 6.30. The van der Waals surface area contributed by atoms with Crippen molar-refractivity contribution >= 4 is 39.9 Å². The van der Waals surface area contributed by atoms with Crippen molar-refractivity contribution in [2.45, 2.75) is 13.3 Å². The van der Waals surface area contributed by atoms with E-state index in [9.17, 15) is 9.59 Å². The van der Waals surface area contributed by atoms with Gasteiger partial charge in [-0.1, -0.05) is 54.1 Å². The molecule has 3 aromatic carbocycles. The molecule has 0 aliphatic carbocycles. The number of esters is 1. The topological polar surface area (TPSA) is 55.4 Å². The fraction of sp³-hybridized carbons (Fsp3) is 0.143. The molecule has 132 valence electrons. The Labute approximate surface area is 156 Å². The number of halogens is 1. The van der Waals surface area contributed by atoms with E-state index in [1.54, 1.807) is 18.2 Å². The molecule has 0 spiro atoms. The van der Waals surface area contributed by atoms with Gasteiger partial charge in [-0.15, -0.1) is 0 Å². The predicted octanol–water partition coefficient (Wildman–Crippen LogP) is 4.53. The first-order chi connectivity index (χ1) is 12.5. The van der Waals surface area contributed by atoms with Crippen LogP contribution in [0.5, 0.6) is 0 Å². The van der Waals surface area contributed by atoms with Gasteiger partial charge >= 0.3 is 5.97 Å². The minimum Gasteiger partial charge on any atom is -0.455 e. The summed E-state index contributed by atoms with van der Waals surface area (Å²) in [7, 11) is 0. The van der Waals surface area contributed by atoms with Crippen molar-refractivity contribution < 1.29 is 14.3 Å². The number of ether oxygens (including phenoxy) is 1. The molecule has 0 saturated carbocycles. The molecule has 0 radical (unpaired) electrons. The summed E-state index contributed by atoms with van der Waals surface area (Å²) in [5.74, 6) is -0.828. The monoisotopic (exact) mass is 367 g/mol. The van der Waals surface area contributed by atoms with Crippen molar-refractivity contribution in [2.75, 3.05) is 11.9 Å². The number of fused-ring (bicyclic) bond motifs is 1. The molecule has 26 heavy (non-hydrogen) atoms. The minimum absolute atomic E-state index is 0.120. The lowest BCUT2D eigenvalue weighted by Gasteiger charge is -2.10. The number of rotatable bonds is 5. The van der Waals surface area contributed by atoms with Crippen LogP contribution in [0, 0.1) is 6.92 Å². The summed E-state index contributed by atoms with van der Waals surface area (Å²) in [6.07, 6.45) is 0.120. The van der Waals surface area contributed by atoms with Crippen LogP contribution < -0.4 is 5.32 Å². The molecule has 0 aliphatic rings. The summed E-state index contributed by atoms with van der Waals surface area (Å²) in [6.45, 7) is 1.51. The highest BCUT2D eigenvalue weighted by Crippen LogP contribution is 2.20. The molecule has 3 aromatic rings. The van der Waals surface area contributed by atoms with E-state index in [1.165, 1.54) is 0 Å². The Morgan fingerprint density at radius 1 is 1.04 bits per heavy atom. The second kappa shape index (κ2) is 8.02. The SMILES string of the molecule is Cc1cc(Cl)ccc1NC(=O)COC(=O)Cc1cccc2ccccc12.